The molecule has 0 unspecified atom stereocenters. The van der Waals surface area contributed by atoms with Crippen LogP contribution in [0.4, 0.5) is 11.4 Å². The number of anilines is 2. The Labute approximate surface area is 207 Å². The second-order valence-electron chi connectivity index (χ2n) is 7.74. The highest BCUT2D eigenvalue weighted by molar-refractivity contribution is 9.10. The zero-order chi connectivity index (χ0) is 22.5. The second kappa shape index (κ2) is 10.7. The van der Waals surface area contributed by atoms with Gasteiger partial charge in [-0.15, -0.1) is 0 Å². The van der Waals surface area contributed by atoms with Crippen LogP contribution in [0.15, 0.2) is 59.1 Å². The first-order valence-corrected chi connectivity index (χ1v) is 12.1. The molecule has 0 radical (unpaired) electrons. The van der Waals surface area contributed by atoms with Gasteiger partial charge in [0.25, 0.3) is 0 Å². The van der Waals surface area contributed by atoms with Crippen LogP contribution in [0.25, 0.3) is 0 Å². The van der Waals surface area contributed by atoms with Gasteiger partial charge in [0.05, 0.1) is 22.3 Å². The first kappa shape index (κ1) is 23.1. The number of ether oxygens (including phenoxy) is 2. The summed E-state index contributed by atoms with van der Waals surface area (Å²) in [6, 6.07) is 17.8. The highest BCUT2D eigenvalue weighted by Gasteiger charge is 2.16. The molecule has 4 rings (SSSR count). The molecule has 0 spiro atoms. The number of methoxy groups -OCH3 is 1. The summed E-state index contributed by atoms with van der Waals surface area (Å²) in [6.45, 7) is 3.21. The molecule has 1 N–H and O–H groups in total. The molecule has 0 aromatic heterocycles. The Kier molecular flexibility index (Phi) is 7.71. The molecular weight excluding hydrogens is 511 g/mol. The molecule has 1 aliphatic rings. The largest absolute Gasteiger partial charge is 0.493 e. The van der Waals surface area contributed by atoms with E-state index in [9.17, 15) is 0 Å². The van der Waals surface area contributed by atoms with Crippen LogP contribution in [-0.2, 0) is 13.2 Å². The normalized spacial score (nSPS) is 13.3. The SMILES string of the molecule is COc1cc(CNc2ccc(N3CCCC3)c(Cl)c2)cc(Br)c1OCc1ccc(Cl)cc1. The van der Waals surface area contributed by atoms with Gasteiger partial charge in [0, 0.05) is 30.3 Å². The van der Waals surface area contributed by atoms with Gasteiger partial charge in [-0.1, -0.05) is 35.3 Å². The summed E-state index contributed by atoms with van der Waals surface area (Å²) < 4.78 is 12.4. The van der Waals surface area contributed by atoms with Crippen molar-refractivity contribution in [3.05, 3.63) is 80.2 Å². The molecule has 0 saturated carbocycles. The van der Waals surface area contributed by atoms with E-state index in [0.717, 1.165) is 45.1 Å². The van der Waals surface area contributed by atoms with E-state index in [-0.39, 0.29) is 0 Å². The van der Waals surface area contributed by atoms with Crippen molar-refractivity contribution in [2.45, 2.75) is 26.0 Å². The maximum atomic E-state index is 6.55. The lowest BCUT2D eigenvalue weighted by Crippen LogP contribution is -2.17. The van der Waals surface area contributed by atoms with Crippen molar-refractivity contribution in [2.24, 2.45) is 0 Å². The van der Waals surface area contributed by atoms with Crippen LogP contribution in [0.3, 0.4) is 0 Å². The van der Waals surface area contributed by atoms with Crippen LogP contribution >= 0.6 is 39.1 Å². The topological polar surface area (TPSA) is 33.7 Å². The van der Waals surface area contributed by atoms with E-state index in [0.29, 0.717) is 29.7 Å². The van der Waals surface area contributed by atoms with E-state index >= 15 is 0 Å². The number of halogens is 3. The van der Waals surface area contributed by atoms with Crippen LogP contribution in [0.2, 0.25) is 10.0 Å². The summed E-state index contributed by atoms with van der Waals surface area (Å²) in [5, 5.41) is 4.93. The summed E-state index contributed by atoms with van der Waals surface area (Å²) in [7, 11) is 1.64. The smallest absolute Gasteiger partial charge is 0.175 e. The molecule has 0 amide bonds. The van der Waals surface area contributed by atoms with Crippen molar-refractivity contribution in [1.29, 1.82) is 0 Å². The van der Waals surface area contributed by atoms with Crippen molar-refractivity contribution in [1.82, 2.24) is 0 Å². The third-order valence-corrected chi connectivity index (χ3v) is 6.62. The Balaban J connectivity index is 1.42. The molecular formula is C25H25BrCl2N2O2. The molecule has 0 atom stereocenters. The third kappa shape index (κ3) is 5.64. The number of nitrogens with zero attached hydrogens (tertiary/aromatic N) is 1. The van der Waals surface area contributed by atoms with Crippen LogP contribution in [0, 0.1) is 0 Å². The van der Waals surface area contributed by atoms with Gasteiger partial charge in [0.15, 0.2) is 11.5 Å². The summed E-state index contributed by atoms with van der Waals surface area (Å²) in [4.78, 5) is 2.34. The van der Waals surface area contributed by atoms with E-state index in [1.54, 1.807) is 7.11 Å². The fourth-order valence-electron chi connectivity index (χ4n) is 3.79. The highest BCUT2D eigenvalue weighted by Crippen LogP contribution is 2.38. The second-order valence-corrected chi connectivity index (χ2v) is 9.44. The Hall–Kier alpha value is -2.08. The van der Waals surface area contributed by atoms with Gasteiger partial charge in [0.2, 0.25) is 0 Å². The van der Waals surface area contributed by atoms with Crippen molar-refractivity contribution in [3.8, 4) is 11.5 Å². The average Bonchev–Trinajstić information content (AvgIpc) is 3.32. The predicted molar refractivity (Wildman–Crippen MR) is 137 cm³/mol. The van der Waals surface area contributed by atoms with Crippen molar-refractivity contribution >= 4 is 50.5 Å². The minimum Gasteiger partial charge on any atom is -0.493 e. The van der Waals surface area contributed by atoms with Gasteiger partial charge in [-0.05, 0) is 82.4 Å². The lowest BCUT2D eigenvalue weighted by molar-refractivity contribution is 0.282. The standard InChI is InChI=1S/C25H25BrCl2N2O2/c1-31-24-13-18(12-21(26)25(24)32-16-17-4-6-19(27)7-5-17)15-29-20-8-9-23(22(28)14-20)30-10-2-3-11-30/h4-9,12-14,29H,2-3,10-11,15-16H2,1H3. The van der Waals surface area contributed by atoms with Crippen LogP contribution in [0.1, 0.15) is 24.0 Å². The Morgan fingerprint density at radius 2 is 1.72 bits per heavy atom. The molecule has 3 aromatic rings. The quantitative estimate of drug-likeness (QED) is 0.322. The average molecular weight is 536 g/mol. The van der Waals surface area contributed by atoms with Gasteiger partial charge in [-0.2, -0.15) is 0 Å². The Morgan fingerprint density at radius 1 is 0.969 bits per heavy atom. The molecule has 1 saturated heterocycles. The molecule has 168 valence electrons. The number of hydrogen-bond donors (Lipinski definition) is 1. The first-order chi connectivity index (χ1) is 15.5. The predicted octanol–water partition coefficient (Wildman–Crippen LogP) is 7.56. The number of nitrogens with one attached hydrogen (secondary N) is 1. The van der Waals surface area contributed by atoms with E-state index in [2.05, 4.69) is 38.3 Å². The minimum atomic E-state index is 0.422. The van der Waals surface area contributed by atoms with Gasteiger partial charge >= 0.3 is 0 Å². The molecule has 0 bridgehead atoms. The fraction of sp³-hybridized carbons (Fsp3) is 0.280. The summed E-state index contributed by atoms with van der Waals surface area (Å²) in [6.07, 6.45) is 2.46. The number of hydrogen-bond acceptors (Lipinski definition) is 4. The maximum absolute atomic E-state index is 6.55. The number of benzene rings is 3. The molecule has 4 nitrogen and oxygen atoms in total. The van der Waals surface area contributed by atoms with Crippen molar-refractivity contribution < 1.29 is 9.47 Å². The molecule has 0 aliphatic carbocycles. The lowest BCUT2D eigenvalue weighted by atomic mass is 10.2. The monoisotopic (exact) mass is 534 g/mol. The van der Waals surface area contributed by atoms with Gasteiger partial charge in [-0.3, -0.25) is 0 Å². The van der Waals surface area contributed by atoms with Crippen LogP contribution in [0.5, 0.6) is 11.5 Å². The Morgan fingerprint density at radius 3 is 2.41 bits per heavy atom. The van der Waals surface area contributed by atoms with E-state index < -0.39 is 0 Å². The molecule has 1 heterocycles. The van der Waals surface area contributed by atoms with Crippen molar-refractivity contribution in [2.75, 3.05) is 30.4 Å². The van der Waals surface area contributed by atoms with E-state index in [4.69, 9.17) is 32.7 Å². The molecule has 32 heavy (non-hydrogen) atoms. The van der Waals surface area contributed by atoms with Crippen LogP contribution < -0.4 is 19.7 Å². The number of rotatable bonds is 8. The maximum Gasteiger partial charge on any atom is 0.175 e. The van der Waals surface area contributed by atoms with E-state index in [1.165, 1.54) is 12.8 Å². The third-order valence-electron chi connectivity index (χ3n) is 5.48. The molecule has 1 aliphatic heterocycles. The molecule has 3 aromatic carbocycles. The summed E-state index contributed by atoms with van der Waals surface area (Å²) in [5.41, 5.74) is 4.19. The Bertz CT molecular complexity index is 1070. The van der Waals surface area contributed by atoms with Crippen LogP contribution in [-0.4, -0.2) is 20.2 Å². The highest BCUT2D eigenvalue weighted by atomic mass is 79.9. The molecule has 7 heteroatoms. The minimum absolute atomic E-state index is 0.422. The summed E-state index contributed by atoms with van der Waals surface area (Å²) >= 11 is 16.1. The van der Waals surface area contributed by atoms with E-state index in [1.807, 2.05) is 42.5 Å². The fourth-order valence-corrected chi connectivity index (χ4v) is 4.82. The first-order valence-electron chi connectivity index (χ1n) is 10.6. The van der Waals surface area contributed by atoms with Gasteiger partial charge in [-0.25, -0.2) is 0 Å². The van der Waals surface area contributed by atoms with Crippen molar-refractivity contribution in [3.63, 3.8) is 0 Å². The zero-order valence-corrected chi connectivity index (χ0v) is 20.9. The zero-order valence-electron chi connectivity index (χ0n) is 17.8. The lowest BCUT2D eigenvalue weighted by Gasteiger charge is -2.20. The van der Waals surface area contributed by atoms with Gasteiger partial charge < -0.3 is 19.7 Å². The van der Waals surface area contributed by atoms with Gasteiger partial charge in [0.1, 0.15) is 6.61 Å². The molecule has 1 fully saturated rings. The summed E-state index contributed by atoms with van der Waals surface area (Å²) in [5.74, 6) is 1.34.